The molecular weight excluding hydrogens is 400 g/mol. The van der Waals surface area contributed by atoms with Gasteiger partial charge in [0.15, 0.2) is 0 Å². The number of hydrogen-bond acceptors (Lipinski definition) is 4. The number of aryl methyl sites for hydroxylation is 1. The third-order valence-corrected chi connectivity index (χ3v) is 5.59. The Balaban J connectivity index is 1.45. The minimum Gasteiger partial charge on any atom is -0.489 e. The van der Waals surface area contributed by atoms with Crippen molar-refractivity contribution >= 4 is 23.2 Å². The van der Waals surface area contributed by atoms with Crippen molar-refractivity contribution in [3.05, 3.63) is 76.6 Å². The maximum absolute atomic E-state index is 13.0. The number of benzene rings is 2. The van der Waals surface area contributed by atoms with Gasteiger partial charge in [0, 0.05) is 5.69 Å². The maximum atomic E-state index is 13.0. The number of piperidine rings is 1. The first-order chi connectivity index (χ1) is 14.6. The molecule has 1 amide bonds. The number of halogens is 1. The van der Waals surface area contributed by atoms with Gasteiger partial charge in [0.1, 0.15) is 18.1 Å². The van der Waals surface area contributed by atoms with Gasteiger partial charge in [-0.1, -0.05) is 41.9 Å². The Kier molecular flexibility index (Phi) is 6.35. The number of ether oxygens (including phenoxy) is 1. The summed E-state index contributed by atoms with van der Waals surface area (Å²) in [5.74, 6) is 0.504. The van der Waals surface area contributed by atoms with E-state index in [-0.39, 0.29) is 11.9 Å². The van der Waals surface area contributed by atoms with Crippen molar-refractivity contribution in [2.24, 2.45) is 0 Å². The average Bonchev–Trinajstić information content (AvgIpc) is 3.17. The van der Waals surface area contributed by atoms with E-state index >= 15 is 0 Å². The highest BCUT2D eigenvalue weighted by atomic mass is 35.5. The van der Waals surface area contributed by atoms with Crippen LogP contribution in [0.1, 0.15) is 40.5 Å². The fourth-order valence-corrected chi connectivity index (χ4v) is 3.89. The molecule has 0 atom stereocenters. The molecule has 1 fully saturated rings. The molecule has 1 aliphatic rings. The summed E-state index contributed by atoms with van der Waals surface area (Å²) < 4.78 is 7.64. The van der Waals surface area contributed by atoms with Crippen LogP contribution >= 0.6 is 11.6 Å². The third-order valence-electron chi connectivity index (χ3n) is 5.31. The van der Waals surface area contributed by atoms with Gasteiger partial charge in [-0.25, -0.2) is 0 Å². The number of nitrogens with one attached hydrogen (secondary N) is 2. The summed E-state index contributed by atoms with van der Waals surface area (Å²) in [5.41, 5.74) is 3.15. The van der Waals surface area contributed by atoms with Crippen molar-refractivity contribution in [2.75, 3.05) is 18.4 Å². The molecule has 7 heteroatoms. The molecule has 1 saturated heterocycles. The lowest BCUT2D eigenvalue weighted by atomic mass is 10.1. The predicted molar refractivity (Wildman–Crippen MR) is 118 cm³/mol. The molecule has 0 unspecified atom stereocenters. The first-order valence-electron chi connectivity index (χ1n) is 10.1. The van der Waals surface area contributed by atoms with Crippen LogP contribution in [0.2, 0.25) is 5.02 Å². The SMILES string of the molecule is Cc1cc(OCc2ccccc2)ccc1NC(=O)c1c(Cl)cnn1C1CCNCC1. The fraction of sp³-hybridized carbons (Fsp3) is 0.304. The van der Waals surface area contributed by atoms with Crippen molar-refractivity contribution < 1.29 is 9.53 Å². The van der Waals surface area contributed by atoms with E-state index in [0.29, 0.717) is 17.3 Å². The molecule has 3 aromatic rings. The highest BCUT2D eigenvalue weighted by molar-refractivity contribution is 6.34. The van der Waals surface area contributed by atoms with E-state index in [0.717, 1.165) is 48.5 Å². The van der Waals surface area contributed by atoms with Gasteiger partial charge in [0.05, 0.1) is 17.3 Å². The monoisotopic (exact) mass is 424 g/mol. The minimum atomic E-state index is -0.253. The lowest BCUT2D eigenvalue weighted by Crippen LogP contribution is -2.32. The smallest absolute Gasteiger partial charge is 0.275 e. The summed E-state index contributed by atoms with van der Waals surface area (Å²) in [5, 5.41) is 11.0. The second-order valence-electron chi connectivity index (χ2n) is 7.47. The van der Waals surface area contributed by atoms with Gasteiger partial charge in [-0.15, -0.1) is 0 Å². The molecule has 156 valence electrons. The Hall–Kier alpha value is -2.83. The number of hydrogen-bond donors (Lipinski definition) is 2. The van der Waals surface area contributed by atoms with E-state index in [4.69, 9.17) is 16.3 Å². The second-order valence-corrected chi connectivity index (χ2v) is 7.88. The molecule has 30 heavy (non-hydrogen) atoms. The van der Waals surface area contributed by atoms with Gasteiger partial charge in [0.2, 0.25) is 0 Å². The summed E-state index contributed by atoms with van der Waals surface area (Å²) in [6.07, 6.45) is 3.39. The van der Waals surface area contributed by atoms with Gasteiger partial charge in [-0.05, 0) is 62.2 Å². The number of carbonyl (C=O) groups is 1. The van der Waals surface area contributed by atoms with E-state index in [9.17, 15) is 4.79 Å². The van der Waals surface area contributed by atoms with Gasteiger partial charge in [-0.3, -0.25) is 9.48 Å². The number of anilines is 1. The van der Waals surface area contributed by atoms with Gasteiger partial charge in [-0.2, -0.15) is 5.10 Å². The molecule has 0 spiro atoms. The highest BCUT2D eigenvalue weighted by Crippen LogP contribution is 2.27. The van der Waals surface area contributed by atoms with Crippen molar-refractivity contribution in [1.82, 2.24) is 15.1 Å². The molecule has 6 nitrogen and oxygen atoms in total. The molecule has 0 radical (unpaired) electrons. The topological polar surface area (TPSA) is 68.2 Å². The largest absolute Gasteiger partial charge is 0.489 e. The van der Waals surface area contributed by atoms with Crippen LogP contribution in [-0.4, -0.2) is 28.8 Å². The Labute approximate surface area is 181 Å². The van der Waals surface area contributed by atoms with Crippen LogP contribution in [0.15, 0.2) is 54.7 Å². The molecule has 0 bridgehead atoms. The molecule has 2 N–H and O–H groups in total. The zero-order valence-electron chi connectivity index (χ0n) is 16.9. The van der Waals surface area contributed by atoms with Crippen LogP contribution in [0.4, 0.5) is 5.69 Å². The highest BCUT2D eigenvalue weighted by Gasteiger charge is 2.24. The van der Waals surface area contributed by atoms with Crippen molar-refractivity contribution in [3.63, 3.8) is 0 Å². The molecule has 1 aromatic heterocycles. The Morgan fingerprint density at radius 2 is 2.00 bits per heavy atom. The molecule has 2 aromatic carbocycles. The Bertz CT molecular complexity index is 1010. The van der Waals surface area contributed by atoms with E-state index < -0.39 is 0 Å². The molecular formula is C23H25ClN4O2. The normalized spacial score (nSPS) is 14.5. The lowest BCUT2D eigenvalue weighted by Gasteiger charge is -2.24. The van der Waals surface area contributed by atoms with Crippen molar-refractivity contribution in [3.8, 4) is 5.75 Å². The van der Waals surface area contributed by atoms with Gasteiger partial charge < -0.3 is 15.4 Å². The molecule has 1 aliphatic heterocycles. The number of rotatable bonds is 6. The predicted octanol–water partition coefficient (Wildman–Crippen LogP) is 4.60. The van der Waals surface area contributed by atoms with Crippen LogP contribution < -0.4 is 15.4 Å². The Morgan fingerprint density at radius 3 is 2.73 bits per heavy atom. The zero-order valence-corrected chi connectivity index (χ0v) is 17.7. The second kappa shape index (κ2) is 9.32. The van der Waals surface area contributed by atoms with Crippen LogP contribution in [0, 0.1) is 6.92 Å². The molecule has 4 rings (SSSR count). The number of carbonyl (C=O) groups excluding carboxylic acids is 1. The fourth-order valence-electron chi connectivity index (χ4n) is 3.67. The summed E-state index contributed by atoms with van der Waals surface area (Å²) in [7, 11) is 0. The molecule has 2 heterocycles. The summed E-state index contributed by atoms with van der Waals surface area (Å²) in [6.45, 7) is 4.26. The minimum absolute atomic E-state index is 0.175. The van der Waals surface area contributed by atoms with Crippen molar-refractivity contribution in [2.45, 2.75) is 32.4 Å². The van der Waals surface area contributed by atoms with Crippen LogP contribution in [0.25, 0.3) is 0 Å². The number of amides is 1. The summed E-state index contributed by atoms with van der Waals surface area (Å²) in [4.78, 5) is 13.0. The van der Waals surface area contributed by atoms with E-state index in [1.807, 2.05) is 55.5 Å². The standard InChI is InChI=1S/C23H25ClN4O2/c1-16-13-19(30-15-17-5-3-2-4-6-17)7-8-21(16)27-23(29)22-20(24)14-26-28(22)18-9-11-25-12-10-18/h2-8,13-14,18,25H,9-12,15H2,1H3,(H,27,29). The average molecular weight is 425 g/mol. The summed E-state index contributed by atoms with van der Waals surface area (Å²) >= 11 is 6.31. The lowest BCUT2D eigenvalue weighted by molar-refractivity contribution is 0.101. The Morgan fingerprint density at radius 1 is 1.23 bits per heavy atom. The van der Waals surface area contributed by atoms with Gasteiger partial charge in [0.25, 0.3) is 5.91 Å². The summed E-state index contributed by atoms with van der Waals surface area (Å²) in [6, 6.07) is 15.8. The van der Waals surface area contributed by atoms with E-state index in [2.05, 4.69) is 15.7 Å². The van der Waals surface area contributed by atoms with Crippen LogP contribution in [0.3, 0.4) is 0 Å². The first-order valence-corrected chi connectivity index (χ1v) is 10.5. The van der Waals surface area contributed by atoms with Gasteiger partial charge >= 0.3 is 0 Å². The van der Waals surface area contributed by atoms with Crippen LogP contribution in [-0.2, 0) is 6.61 Å². The number of aromatic nitrogens is 2. The third kappa shape index (κ3) is 4.66. The van der Waals surface area contributed by atoms with Crippen LogP contribution in [0.5, 0.6) is 5.75 Å². The van der Waals surface area contributed by atoms with Crippen molar-refractivity contribution in [1.29, 1.82) is 0 Å². The first kappa shape index (κ1) is 20.4. The molecule has 0 saturated carbocycles. The van der Waals surface area contributed by atoms with E-state index in [1.54, 1.807) is 10.9 Å². The maximum Gasteiger partial charge on any atom is 0.275 e. The molecule has 0 aliphatic carbocycles. The zero-order chi connectivity index (χ0) is 20.9. The quantitative estimate of drug-likeness (QED) is 0.606. The number of nitrogens with zero attached hydrogens (tertiary/aromatic N) is 2. The van der Waals surface area contributed by atoms with E-state index in [1.165, 1.54) is 0 Å².